The summed E-state index contributed by atoms with van der Waals surface area (Å²) in [5.74, 6) is 0.218. The molecule has 3 heteroatoms. The van der Waals surface area contributed by atoms with Crippen molar-refractivity contribution >= 4 is 0 Å². The Labute approximate surface area is 73.7 Å². The van der Waals surface area contributed by atoms with Gasteiger partial charge in [-0.1, -0.05) is 6.92 Å². The Balaban J connectivity index is 2.05. The highest BCUT2D eigenvalue weighted by Gasteiger charge is 2.14. The zero-order valence-electron chi connectivity index (χ0n) is 7.66. The van der Waals surface area contributed by atoms with Gasteiger partial charge in [-0.3, -0.25) is 0 Å². The molecule has 2 atom stereocenters. The van der Waals surface area contributed by atoms with Crippen LogP contribution in [0.15, 0.2) is 0 Å². The first-order valence-electron chi connectivity index (χ1n) is 4.67. The SMILES string of the molecule is C[C@H](CO)CO[C@H]1CCCCO1. The Bertz CT molecular complexity index is 110. The third-order valence-electron chi connectivity index (χ3n) is 2.02. The van der Waals surface area contributed by atoms with Crippen molar-refractivity contribution in [3.63, 3.8) is 0 Å². The van der Waals surface area contributed by atoms with Crippen LogP contribution in [-0.4, -0.2) is 31.2 Å². The average Bonchev–Trinajstić information content (AvgIpc) is 2.16. The minimum atomic E-state index is -0.0206. The van der Waals surface area contributed by atoms with Crippen molar-refractivity contribution in [3.8, 4) is 0 Å². The predicted octanol–water partition coefficient (Wildman–Crippen LogP) is 1.16. The fourth-order valence-corrected chi connectivity index (χ4v) is 1.17. The van der Waals surface area contributed by atoms with Crippen LogP contribution in [-0.2, 0) is 9.47 Å². The van der Waals surface area contributed by atoms with Crippen molar-refractivity contribution in [2.75, 3.05) is 19.8 Å². The van der Waals surface area contributed by atoms with E-state index in [1.807, 2.05) is 6.92 Å². The maximum absolute atomic E-state index is 8.74. The van der Waals surface area contributed by atoms with Gasteiger partial charge in [0.05, 0.1) is 6.61 Å². The minimum absolute atomic E-state index is 0.0206. The molecule has 1 N–H and O–H groups in total. The molecule has 0 radical (unpaired) electrons. The van der Waals surface area contributed by atoms with Gasteiger partial charge in [-0.05, 0) is 19.3 Å². The van der Waals surface area contributed by atoms with E-state index in [4.69, 9.17) is 14.6 Å². The molecule has 72 valence electrons. The van der Waals surface area contributed by atoms with Gasteiger partial charge in [-0.15, -0.1) is 0 Å². The number of rotatable bonds is 4. The minimum Gasteiger partial charge on any atom is -0.396 e. The van der Waals surface area contributed by atoms with Gasteiger partial charge < -0.3 is 14.6 Å². The van der Waals surface area contributed by atoms with E-state index >= 15 is 0 Å². The second kappa shape index (κ2) is 5.51. The van der Waals surface area contributed by atoms with Crippen molar-refractivity contribution in [3.05, 3.63) is 0 Å². The number of ether oxygens (including phenoxy) is 2. The molecule has 1 heterocycles. The highest BCUT2D eigenvalue weighted by atomic mass is 16.7. The van der Waals surface area contributed by atoms with Gasteiger partial charge in [0.25, 0.3) is 0 Å². The first-order chi connectivity index (χ1) is 5.83. The quantitative estimate of drug-likeness (QED) is 0.695. The van der Waals surface area contributed by atoms with Crippen LogP contribution in [0.2, 0.25) is 0 Å². The molecular formula is C9H18O3. The van der Waals surface area contributed by atoms with Gasteiger partial charge >= 0.3 is 0 Å². The second-order valence-electron chi connectivity index (χ2n) is 3.42. The van der Waals surface area contributed by atoms with Gasteiger partial charge in [0, 0.05) is 19.1 Å². The van der Waals surface area contributed by atoms with Gasteiger partial charge in [-0.25, -0.2) is 0 Å². The molecule has 0 amide bonds. The van der Waals surface area contributed by atoms with Crippen LogP contribution in [0.25, 0.3) is 0 Å². The number of aliphatic hydroxyl groups is 1. The van der Waals surface area contributed by atoms with E-state index in [1.54, 1.807) is 0 Å². The summed E-state index contributed by atoms with van der Waals surface area (Å²) in [6.07, 6.45) is 3.32. The van der Waals surface area contributed by atoms with E-state index in [2.05, 4.69) is 0 Å². The number of hydrogen-bond donors (Lipinski definition) is 1. The summed E-state index contributed by atoms with van der Waals surface area (Å²) < 4.78 is 10.8. The van der Waals surface area contributed by atoms with Gasteiger partial charge in [0.1, 0.15) is 0 Å². The van der Waals surface area contributed by atoms with E-state index in [1.165, 1.54) is 6.42 Å². The summed E-state index contributed by atoms with van der Waals surface area (Å²) in [6.45, 7) is 3.56. The van der Waals surface area contributed by atoms with E-state index in [9.17, 15) is 0 Å². The lowest BCUT2D eigenvalue weighted by Gasteiger charge is -2.23. The molecule has 1 rings (SSSR count). The Morgan fingerprint density at radius 3 is 3.00 bits per heavy atom. The van der Waals surface area contributed by atoms with Crippen molar-refractivity contribution in [1.82, 2.24) is 0 Å². The normalized spacial score (nSPS) is 27.0. The van der Waals surface area contributed by atoms with Crippen LogP contribution in [0.3, 0.4) is 0 Å². The van der Waals surface area contributed by atoms with Gasteiger partial charge in [0.15, 0.2) is 6.29 Å². The van der Waals surface area contributed by atoms with Crippen LogP contribution in [0, 0.1) is 5.92 Å². The molecule has 0 bridgehead atoms. The molecule has 0 aliphatic carbocycles. The number of hydrogen-bond acceptors (Lipinski definition) is 3. The Morgan fingerprint density at radius 1 is 1.58 bits per heavy atom. The Kier molecular flexibility index (Phi) is 4.58. The summed E-state index contributed by atoms with van der Waals surface area (Å²) in [4.78, 5) is 0. The highest BCUT2D eigenvalue weighted by Crippen LogP contribution is 2.14. The Hall–Kier alpha value is -0.120. The molecule has 0 aromatic rings. The summed E-state index contributed by atoms with van der Waals surface area (Å²) >= 11 is 0. The van der Waals surface area contributed by atoms with Crippen LogP contribution >= 0.6 is 0 Å². The molecule has 0 saturated carbocycles. The molecule has 3 nitrogen and oxygen atoms in total. The lowest BCUT2D eigenvalue weighted by atomic mass is 10.2. The fraction of sp³-hybridized carbons (Fsp3) is 1.00. The second-order valence-corrected chi connectivity index (χ2v) is 3.42. The Morgan fingerprint density at radius 2 is 2.42 bits per heavy atom. The summed E-state index contributed by atoms with van der Waals surface area (Å²) in [5.41, 5.74) is 0. The summed E-state index contributed by atoms with van der Waals surface area (Å²) in [5, 5.41) is 8.74. The van der Waals surface area contributed by atoms with E-state index in [0.717, 1.165) is 19.4 Å². The zero-order valence-corrected chi connectivity index (χ0v) is 7.66. The van der Waals surface area contributed by atoms with Crippen LogP contribution in [0.1, 0.15) is 26.2 Å². The molecule has 0 unspecified atom stereocenters. The molecule has 0 aromatic carbocycles. The van der Waals surface area contributed by atoms with E-state index < -0.39 is 0 Å². The van der Waals surface area contributed by atoms with Crippen molar-refractivity contribution < 1.29 is 14.6 Å². The standard InChI is InChI=1S/C9H18O3/c1-8(6-10)7-12-9-4-2-3-5-11-9/h8-10H,2-7H2,1H3/t8-,9+/m1/s1. The van der Waals surface area contributed by atoms with Crippen LogP contribution in [0.5, 0.6) is 0 Å². The fourth-order valence-electron chi connectivity index (χ4n) is 1.17. The third kappa shape index (κ3) is 3.52. The van der Waals surface area contributed by atoms with E-state index in [0.29, 0.717) is 6.61 Å². The molecule has 1 aliphatic heterocycles. The molecule has 1 aliphatic rings. The van der Waals surface area contributed by atoms with Crippen molar-refractivity contribution in [2.24, 2.45) is 5.92 Å². The lowest BCUT2D eigenvalue weighted by Crippen LogP contribution is -2.25. The first kappa shape index (κ1) is 9.96. The third-order valence-corrected chi connectivity index (χ3v) is 2.02. The average molecular weight is 174 g/mol. The smallest absolute Gasteiger partial charge is 0.157 e. The lowest BCUT2D eigenvalue weighted by molar-refractivity contribution is -0.169. The molecule has 0 aromatic heterocycles. The zero-order chi connectivity index (χ0) is 8.81. The van der Waals surface area contributed by atoms with Crippen molar-refractivity contribution in [1.29, 1.82) is 0 Å². The molecule has 1 saturated heterocycles. The highest BCUT2D eigenvalue weighted by molar-refractivity contribution is 4.55. The molecule has 0 spiro atoms. The van der Waals surface area contributed by atoms with Gasteiger partial charge in [0.2, 0.25) is 0 Å². The van der Waals surface area contributed by atoms with Crippen LogP contribution in [0.4, 0.5) is 0 Å². The summed E-state index contributed by atoms with van der Waals surface area (Å²) in [7, 11) is 0. The van der Waals surface area contributed by atoms with E-state index in [-0.39, 0.29) is 18.8 Å². The topological polar surface area (TPSA) is 38.7 Å². The molecular weight excluding hydrogens is 156 g/mol. The monoisotopic (exact) mass is 174 g/mol. The van der Waals surface area contributed by atoms with Crippen LogP contribution < -0.4 is 0 Å². The number of aliphatic hydroxyl groups excluding tert-OH is 1. The van der Waals surface area contributed by atoms with Crippen molar-refractivity contribution in [2.45, 2.75) is 32.5 Å². The maximum atomic E-state index is 8.74. The molecule has 12 heavy (non-hydrogen) atoms. The largest absolute Gasteiger partial charge is 0.396 e. The summed E-state index contributed by atoms with van der Waals surface area (Å²) in [6, 6.07) is 0. The predicted molar refractivity (Wildman–Crippen MR) is 45.8 cm³/mol. The van der Waals surface area contributed by atoms with Gasteiger partial charge in [-0.2, -0.15) is 0 Å². The first-order valence-corrected chi connectivity index (χ1v) is 4.67. The molecule has 1 fully saturated rings. The maximum Gasteiger partial charge on any atom is 0.157 e.